The van der Waals surface area contributed by atoms with Crippen molar-refractivity contribution in [1.82, 2.24) is 19.7 Å². The molecule has 0 spiro atoms. The van der Waals surface area contributed by atoms with Crippen molar-refractivity contribution < 1.29 is 9.32 Å². The van der Waals surface area contributed by atoms with Gasteiger partial charge in [-0.2, -0.15) is 4.98 Å². The maximum absolute atomic E-state index is 10.7. The molecule has 0 atom stereocenters. The molecule has 0 amide bonds. The van der Waals surface area contributed by atoms with Crippen LogP contribution in [0, 0.1) is 0 Å². The van der Waals surface area contributed by atoms with E-state index in [-0.39, 0.29) is 0 Å². The molecule has 2 aromatic heterocycles. The summed E-state index contributed by atoms with van der Waals surface area (Å²) in [6.45, 7) is 0.397. The molecule has 16 heavy (non-hydrogen) atoms. The van der Waals surface area contributed by atoms with E-state index in [4.69, 9.17) is 4.52 Å². The maximum atomic E-state index is 10.7. The van der Waals surface area contributed by atoms with Crippen LogP contribution >= 0.6 is 0 Å². The summed E-state index contributed by atoms with van der Waals surface area (Å²) in [5, 5.41) is 3.91. The van der Waals surface area contributed by atoms with E-state index in [1.807, 2.05) is 0 Å². The van der Waals surface area contributed by atoms with Gasteiger partial charge in [0.15, 0.2) is 17.9 Å². The summed E-state index contributed by atoms with van der Waals surface area (Å²) in [4.78, 5) is 18.8. The fourth-order valence-corrected chi connectivity index (χ4v) is 1.56. The summed E-state index contributed by atoms with van der Waals surface area (Å²) >= 11 is 0. The fraction of sp³-hybridized carbons (Fsp3) is 0.400. The summed E-state index contributed by atoms with van der Waals surface area (Å²) in [5.41, 5.74) is 0. The van der Waals surface area contributed by atoms with Gasteiger partial charge in [0.25, 0.3) is 0 Å². The quantitative estimate of drug-likeness (QED) is 0.716. The zero-order valence-corrected chi connectivity index (χ0v) is 8.54. The number of imidazole rings is 1. The normalized spacial score (nSPS) is 15.2. The van der Waals surface area contributed by atoms with Crippen LogP contribution in [0.4, 0.5) is 0 Å². The van der Waals surface area contributed by atoms with Crippen LogP contribution in [0.1, 0.15) is 41.1 Å². The molecule has 1 aliphatic carbocycles. The van der Waals surface area contributed by atoms with Crippen LogP contribution in [0.15, 0.2) is 16.9 Å². The van der Waals surface area contributed by atoms with E-state index in [1.165, 1.54) is 0 Å². The maximum Gasteiger partial charge on any atom is 0.246 e. The third-order valence-corrected chi connectivity index (χ3v) is 2.58. The lowest BCUT2D eigenvalue weighted by atomic mass is 10.4. The minimum Gasteiger partial charge on any atom is -0.337 e. The SMILES string of the molecule is O=Cc1nccn1Cc1nc(C2CC2)no1. The summed E-state index contributed by atoms with van der Waals surface area (Å²) in [7, 11) is 0. The molecule has 3 rings (SSSR count). The lowest BCUT2D eigenvalue weighted by molar-refractivity contribution is 0.111. The Kier molecular flexibility index (Phi) is 2.05. The minimum atomic E-state index is 0.367. The lowest BCUT2D eigenvalue weighted by Gasteiger charge is -1.97. The second-order valence-corrected chi connectivity index (χ2v) is 3.85. The number of carbonyl (C=O) groups is 1. The fourth-order valence-electron chi connectivity index (χ4n) is 1.56. The minimum absolute atomic E-state index is 0.367. The van der Waals surface area contributed by atoms with E-state index >= 15 is 0 Å². The molecule has 6 nitrogen and oxygen atoms in total. The number of carbonyl (C=O) groups excluding carboxylic acids is 1. The van der Waals surface area contributed by atoms with Crippen LogP contribution < -0.4 is 0 Å². The van der Waals surface area contributed by atoms with Gasteiger partial charge < -0.3 is 9.09 Å². The van der Waals surface area contributed by atoms with Gasteiger partial charge in [-0.05, 0) is 12.8 Å². The van der Waals surface area contributed by atoms with Crippen LogP contribution in [0.2, 0.25) is 0 Å². The van der Waals surface area contributed by atoms with Gasteiger partial charge >= 0.3 is 0 Å². The number of nitrogens with zero attached hydrogens (tertiary/aromatic N) is 4. The Labute approximate surface area is 91.3 Å². The number of aromatic nitrogens is 4. The van der Waals surface area contributed by atoms with Gasteiger partial charge in [-0.1, -0.05) is 5.16 Å². The van der Waals surface area contributed by atoms with Crippen molar-refractivity contribution in [3.8, 4) is 0 Å². The topological polar surface area (TPSA) is 73.8 Å². The zero-order chi connectivity index (χ0) is 11.0. The summed E-state index contributed by atoms with van der Waals surface area (Å²) in [5.74, 6) is 2.14. The highest BCUT2D eigenvalue weighted by Crippen LogP contribution is 2.38. The Bertz CT molecular complexity index is 512. The van der Waals surface area contributed by atoms with Gasteiger partial charge in [0.2, 0.25) is 5.89 Å². The van der Waals surface area contributed by atoms with Crippen molar-refractivity contribution >= 4 is 6.29 Å². The first-order valence-corrected chi connectivity index (χ1v) is 5.15. The molecule has 0 saturated heterocycles. The predicted octanol–water partition coefficient (Wildman–Crippen LogP) is 1.00. The summed E-state index contributed by atoms with van der Waals surface area (Å²) in [6, 6.07) is 0. The molecule has 1 fully saturated rings. The molecule has 0 N–H and O–H groups in total. The van der Waals surface area contributed by atoms with E-state index in [2.05, 4.69) is 15.1 Å². The second kappa shape index (κ2) is 3.55. The zero-order valence-electron chi connectivity index (χ0n) is 8.54. The molecule has 0 aromatic carbocycles. The van der Waals surface area contributed by atoms with Gasteiger partial charge in [0, 0.05) is 18.3 Å². The largest absolute Gasteiger partial charge is 0.337 e. The molecular weight excluding hydrogens is 208 g/mol. The van der Waals surface area contributed by atoms with Gasteiger partial charge in [0.05, 0.1) is 0 Å². The Balaban J connectivity index is 1.79. The van der Waals surface area contributed by atoms with E-state index < -0.39 is 0 Å². The third kappa shape index (κ3) is 1.62. The van der Waals surface area contributed by atoms with Gasteiger partial charge in [0.1, 0.15) is 6.54 Å². The molecule has 1 saturated carbocycles. The number of hydrogen-bond donors (Lipinski definition) is 0. The van der Waals surface area contributed by atoms with Crippen molar-refractivity contribution in [2.45, 2.75) is 25.3 Å². The molecule has 0 radical (unpaired) electrons. The molecule has 82 valence electrons. The Morgan fingerprint density at radius 3 is 3.19 bits per heavy atom. The number of hydrogen-bond acceptors (Lipinski definition) is 5. The molecule has 0 bridgehead atoms. The first-order valence-electron chi connectivity index (χ1n) is 5.15. The van der Waals surface area contributed by atoms with Crippen LogP contribution in [0.5, 0.6) is 0 Å². The molecule has 1 aliphatic rings. The molecule has 6 heteroatoms. The molecule has 0 unspecified atom stereocenters. The van der Waals surface area contributed by atoms with Crippen LogP contribution in [-0.2, 0) is 6.54 Å². The van der Waals surface area contributed by atoms with Crippen LogP contribution in [0.3, 0.4) is 0 Å². The second-order valence-electron chi connectivity index (χ2n) is 3.85. The Morgan fingerprint density at radius 2 is 2.44 bits per heavy atom. The summed E-state index contributed by atoms with van der Waals surface area (Å²) < 4.78 is 6.79. The van der Waals surface area contributed by atoms with Crippen molar-refractivity contribution in [2.24, 2.45) is 0 Å². The standard InChI is InChI=1S/C10H10N4O2/c15-6-8-11-3-4-14(8)5-9-12-10(13-16-9)7-1-2-7/h3-4,6-7H,1-2,5H2. The van der Waals surface area contributed by atoms with Crippen LogP contribution in [0.25, 0.3) is 0 Å². The van der Waals surface area contributed by atoms with E-state index in [9.17, 15) is 4.79 Å². The van der Waals surface area contributed by atoms with Gasteiger partial charge in [-0.15, -0.1) is 0 Å². The third-order valence-electron chi connectivity index (χ3n) is 2.58. The highest BCUT2D eigenvalue weighted by molar-refractivity contribution is 5.69. The van der Waals surface area contributed by atoms with Crippen molar-refractivity contribution in [3.05, 3.63) is 29.9 Å². The highest BCUT2D eigenvalue weighted by atomic mass is 16.5. The summed E-state index contributed by atoms with van der Waals surface area (Å²) in [6.07, 6.45) is 6.28. The number of aldehydes is 1. The van der Waals surface area contributed by atoms with E-state index in [1.54, 1.807) is 17.0 Å². The van der Waals surface area contributed by atoms with Gasteiger partial charge in [-0.25, -0.2) is 4.98 Å². The molecule has 2 aromatic rings. The molecular formula is C10H10N4O2. The van der Waals surface area contributed by atoms with Gasteiger partial charge in [-0.3, -0.25) is 4.79 Å². The monoisotopic (exact) mass is 218 g/mol. The van der Waals surface area contributed by atoms with E-state index in [0.717, 1.165) is 18.7 Å². The lowest BCUT2D eigenvalue weighted by Crippen LogP contribution is -2.03. The first-order chi connectivity index (χ1) is 7.86. The van der Waals surface area contributed by atoms with Crippen molar-refractivity contribution in [1.29, 1.82) is 0 Å². The number of rotatable bonds is 4. The smallest absolute Gasteiger partial charge is 0.246 e. The highest BCUT2D eigenvalue weighted by Gasteiger charge is 2.28. The Hall–Kier alpha value is -1.98. The molecule has 0 aliphatic heterocycles. The Morgan fingerprint density at radius 1 is 1.56 bits per heavy atom. The molecule has 2 heterocycles. The first kappa shape index (κ1) is 9.26. The van der Waals surface area contributed by atoms with Crippen LogP contribution in [-0.4, -0.2) is 26.0 Å². The average molecular weight is 218 g/mol. The average Bonchev–Trinajstić information content (AvgIpc) is 2.88. The predicted molar refractivity (Wildman–Crippen MR) is 53.0 cm³/mol. The van der Waals surface area contributed by atoms with Crippen molar-refractivity contribution in [3.63, 3.8) is 0 Å². The van der Waals surface area contributed by atoms with E-state index in [0.29, 0.717) is 30.5 Å². The van der Waals surface area contributed by atoms with Crippen molar-refractivity contribution in [2.75, 3.05) is 0 Å².